The summed E-state index contributed by atoms with van der Waals surface area (Å²) in [5.41, 5.74) is 6.58. The Labute approximate surface area is 108 Å². The van der Waals surface area contributed by atoms with Crippen LogP contribution in [0.3, 0.4) is 0 Å². The zero-order valence-electron chi connectivity index (χ0n) is 11.4. The fraction of sp³-hybridized carbons (Fsp3) is 0.667. The number of ether oxygens (including phenoxy) is 1. The average molecular weight is 254 g/mol. The molecule has 1 heterocycles. The van der Waals surface area contributed by atoms with E-state index in [9.17, 15) is 5.11 Å². The van der Waals surface area contributed by atoms with Crippen molar-refractivity contribution in [1.29, 1.82) is 0 Å². The molecule has 0 aliphatic carbocycles. The molecule has 1 aromatic rings. The molecule has 6 nitrogen and oxygen atoms in total. The second-order valence-electron chi connectivity index (χ2n) is 4.65. The molecule has 0 spiro atoms. The lowest BCUT2D eigenvalue weighted by Gasteiger charge is -2.22. The molecule has 0 aliphatic heterocycles. The lowest BCUT2D eigenvalue weighted by atomic mass is 10.1. The van der Waals surface area contributed by atoms with Gasteiger partial charge < -0.3 is 20.5 Å². The molecule has 18 heavy (non-hydrogen) atoms. The zero-order valence-corrected chi connectivity index (χ0v) is 11.4. The van der Waals surface area contributed by atoms with Crippen molar-refractivity contribution in [3.05, 3.63) is 11.8 Å². The Morgan fingerprint density at radius 3 is 2.67 bits per heavy atom. The minimum Gasteiger partial charge on any atom is -0.389 e. The number of rotatable bonds is 6. The third-order valence-electron chi connectivity index (χ3n) is 2.58. The van der Waals surface area contributed by atoms with Gasteiger partial charge in [-0.15, -0.1) is 0 Å². The minimum absolute atomic E-state index is 0.254. The van der Waals surface area contributed by atoms with Crippen molar-refractivity contribution in [1.82, 2.24) is 9.97 Å². The van der Waals surface area contributed by atoms with Crippen molar-refractivity contribution in [3.8, 4) is 0 Å². The lowest BCUT2D eigenvalue weighted by Crippen LogP contribution is -2.32. The summed E-state index contributed by atoms with van der Waals surface area (Å²) in [4.78, 5) is 10.2. The summed E-state index contributed by atoms with van der Waals surface area (Å²) in [6, 6.07) is 1.89. The first-order valence-electron chi connectivity index (χ1n) is 5.96. The predicted molar refractivity (Wildman–Crippen MR) is 71.7 cm³/mol. The Kier molecular flexibility index (Phi) is 5.30. The van der Waals surface area contributed by atoms with Crippen LogP contribution in [-0.2, 0) is 4.74 Å². The van der Waals surface area contributed by atoms with Gasteiger partial charge in [0.25, 0.3) is 0 Å². The van der Waals surface area contributed by atoms with E-state index in [1.807, 2.05) is 31.9 Å². The molecule has 102 valence electrons. The number of aliphatic hydroxyl groups is 1. The Morgan fingerprint density at radius 1 is 1.44 bits per heavy atom. The van der Waals surface area contributed by atoms with Crippen LogP contribution in [0.4, 0.5) is 11.8 Å². The Balaban J connectivity index is 2.81. The molecule has 6 heteroatoms. The summed E-state index contributed by atoms with van der Waals surface area (Å²) >= 11 is 0. The van der Waals surface area contributed by atoms with Gasteiger partial charge in [-0.2, -0.15) is 4.98 Å². The van der Waals surface area contributed by atoms with Crippen LogP contribution in [0.2, 0.25) is 0 Å². The maximum Gasteiger partial charge on any atom is 0.222 e. The van der Waals surface area contributed by atoms with E-state index < -0.39 is 6.10 Å². The number of aromatic nitrogens is 2. The monoisotopic (exact) mass is 254 g/mol. The van der Waals surface area contributed by atoms with E-state index in [-0.39, 0.29) is 11.9 Å². The van der Waals surface area contributed by atoms with Crippen molar-refractivity contribution >= 4 is 11.8 Å². The van der Waals surface area contributed by atoms with Crippen LogP contribution in [0.15, 0.2) is 6.07 Å². The normalized spacial score (nSPS) is 12.8. The minimum atomic E-state index is -0.557. The van der Waals surface area contributed by atoms with Gasteiger partial charge in [0.2, 0.25) is 5.95 Å². The van der Waals surface area contributed by atoms with Crippen LogP contribution in [-0.4, -0.2) is 48.5 Å². The first kappa shape index (κ1) is 14.7. The van der Waals surface area contributed by atoms with E-state index in [1.54, 1.807) is 7.11 Å². The van der Waals surface area contributed by atoms with E-state index in [0.29, 0.717) is 19.0 Å². The second-order valence-corrected chi connectivity index (χ2v) is 4.65. The predicted octanol–water partition coefficient (Wildman–Crippen LogP) is 0.626. The van der Waals surface area contributed by atoms with Gasteiger partial charge in [0.15, 0.2) is 0 Å². The fourth-order valence-corrected chi connectivity index (χ4v) is 1.62. The van der Waals surface area contributed by atoms with Gasteiger partial charge in [-0.1, -0.05) is 13.8 Å². The van der Waals surface area contributed by atoms with E-state index >= 15 is 0 Å². The van der Waals surface area contributed by atoms with Gasteiger partial charge in [0, 0.05) is 26.8 Å². The van der Waals surface area contributed by atoms with Crippen molar-refractivity contribution < 1.29 is 9.84 Å². The number of nitrogens with zero attached hydrogens (tertiary/aromatic N) is 3. The molecular weight excluding hydrogens is 232 g/mol. The zero-order chi connectivity index (χ0) is 13.7. The maximum absolute atomic E-state index is 9.69. The number of hydrogen-bond donors (Lipinski definition) is 2. The number of hydrogen-bond acceptors (Lipinski definition) is 6. The molecule has 0 saturated heterocycles. The van der Waals surface area contributed by atoms with Crippen LogP contribution in [0.5, 0.6) is 0 Å². The highest BCUT2D eigenvalue weighted by molar-refractivity contribution is 5.43. The summed E-state index contributed by atoms with van der Waals surface area (Å²) in [5.74, 6) is 1.25. The number of likely N-dealkylation sites (N-methyl/N-ethyl adjacent to an activating group) is 1. The molecule has 1 rings (SSSR count). The molecule has 1 aromatic heterocycles. The third kappa shape index (κ3) is 4.12. The SMILES string of the molecule is COCC(O)CN(C)c1cc(C(C)C)nc(N)n1. The fourth-order valence-electron chi connectivity index (χ4n) is 1.62. The maximum atomic E-state index is 9.69. The molecule has 1 atom stereocenters. The van der Waals surface area contributed by atoms with Gasteiger partial charge in [0.05, 0.1) is 18.4 Å². The molecule has 0 amide bonds. The first-order valence-corrected chi connectivity index (χ1v) is 5.96. The molecule has 0 radical (unpaired) electrons. The van der Waals surface area contributed by atoms with Crippen molar-refractivity contribution in [2.24, 2.45) is 0 Å². The topological polar surface area (TPSA) is 84.5 Å². The summed E-state index contributed by atoms with van der Waals surface area (Å²) in [6.45, 7) is 4.82. The van der Waals surface area contributed by atoms with E-state index in [0.717, 1.165) is 5.69 Å². The number of anilines is 2. The molecule has 0 saturated carbocycles. The summed E-state index contributed by atoms with van der Waals surface area (Å²) in [5, 5.41) is 9.69. The number of nitrogens with two attached hydrogens (primary N) is 1. The van der Waals surface area contributed by atoms with E-state index in [1.165, 1.54) is 0 Å². The average Bonchev–Trinajstić information content (AvgIpc) is 2.28. The second kappa shape index (κ2) is 6.51. The smallest absolute Gasteiger partial charge is 0.222 e. The molecule has 0 aliphatic rings. The van der Waals surface area contributed by atoms with Gasteiger partial charge >= 0.3 is 0 Å². The third-order valence-corrected chi connectivity index (χ3v) is 2.58. The number of nitrogen functional groups attached to an aromatic ring is 1. The molecule has 0 fully saturated rings. The lowest BCUT2D eigenvalue weighted by molar-refractivity contribution is 0.0694. The quantitative estimate of drug-likeness (QED) is 0.774. The first-order chi connectivity index (χ1) is 8.43. The van der Waals surface area contributed by atoms with E-state index in [4.69, 9.17) is 10.5 Å². The Morgan fingerprint density at radius 2 is 2.11 bits per heavy atom. The highest BCUT2D eigenvalue weighted by Gasteiger charge is 2.12. The molecule has 0 aromatic carbocycles. The summed E-state index contributed by atoms with van der Waals surface area (Å²) in [6.07, 6.45) is -0.557. The molecule has 3 N–H and O–H groups in total. The summed E-state index contributed by atoms with van der Waals surface area (Å²) < 4.78 is 4.89. The van der Waals surface area contributed by atoms with Gasteiger partial charge in [-0.05, 0) is 5.92 Å². The molecular formula is C12H22N4O2. The van der Waals surface area contributed by atoms with Crippen LogP contribution < -0.4 is 10.6 Å². The molecule has 0 bridgehead atoms. The van der Waals surface area contributed by atoms with Gasteiger partial charge in [0.1, 0.15) is 5.82 Å². The van der Waals surface area contributed by atoms with Gasteiger partial charge in [-0.25, -0.2) is 4.98 Å². The summed E-state index contributed by atoms with van der Waals surface area (Å²) in [7, 11) is 3.41. The largest absolute Gasteiger partial charge is 0.389 e. The highest BCUT2D eigenvalue weighted by Crippen LogP contribution is 2.18. The Bertz CT molecular complexity index is 384. The highest BCUT2D eigenvalue weighted by atomic mass is 16.5. The van der Waals surface area contributed by atoms with Gasteiger partial charge in [-0.3, -0.25) is 0 Å². The van der Waals surface area contributed by atoms with Crippen molar-refractivity contribution in [2.75, 3.05) is 37.9 Å². The van der Waals surface area contributed by atoms with Crippen LogP contribution in [0, 0.1) is 0 Å². The van der Waals surface area contributed by atoms with Crippen molar-refractivity contribution in [2.45, 2.75) is 25.9 Å². The van der Waals surface area contributed by atoms with Crippen LogP contribution >= 0.6 is 0 Å². The Hall–Kier alpha value is -1.40. The standard InChI is InChI=1S/C12H22N4O2/c1-8(2)10-5-11(15-12(13)14-10)16(3)6-9(17)7-18-4/h5,8-9,17H,6-7H2,1-4H3,(H2,13,14,15). The van der Waals surface area contributed by atoms with Crippen molar-refractivity contribution in [3.63, 3.8) is 0 Å². The van der Waals surface area contributed by atoms with E-state index in [2.05, 4.69) is 9.97 Å². The van der Waals surface area contributed by atoms with Crippen LogP contribution in [0.25, 0.3) is 0 Å². The number of methoxy groups -OCH3 is 1. The molecule has 1 unspecified atom stereocenters. The van der Waals surface area contributed by atoms with Crippen LogP contribution in [0.1, 0.15) is 25.5 Å². The number of aliphatic hydroxyl groups excluding tert-OH is 1.